The molecule has 0 spiro atoms. The molecular weight excluding hydrogens is 1090 g/mol. The van der Waals surface area contributed by atoms with Crippen LogP contribution in [0.4, 0.5) is 0 Å². The van der Waals surface area contributed by atoms with Gasteiger partial charge in [0.25, 0.3) is 6.29 Å². The molecule has 344 valence electrons. The highest BCUT2D eigenvalue weighted by atomic mass is 127. The third-order valence-electron chi connectivity index (χ3n) is 11.6. The molecule has 6 aromatic rings. The summed E-state index contributed by atoms with van der Waals surface area (Å²) in [6, 6.07) is 27.0. The van der Waals surface area contributed by atoms with Crippen LogP contribution in [-0.2, 0) is 19.3 Å². The molecule has 5 nitrogen and oxygen atoms in total. The number of hydrogen-bond acceptors (Lipinski definition) is 8. The van der Waals surface area contributed by atoms with Gasteiger partial charge in [0.15, 0.2) is 0 Å². The van der Waals surface area contributed by atoms with Crippen LogP contribution in [0.15, 0.2) is 108 Å². The number of phenolic OH excluding ortho intramolecular Hbond substituents is 3. The van der Waals surface area contributed by atoms with E-state index >= 15 is 0 Å². The quantitative estimate of drug-likeness (QED) is 0.0516. The lowest BCUT2D eigenvalue weighted by atomic mass is 9.99. The second-order valence-corrected chi connectivity index (χ2v) is 22.6. The molecule has 0 bridgehead atoms. The minimum absolute atomic E-state index is 0.272. The Morgan fingerprint density at radius 2 is 0.877 bits per heavy atom. The van der Waals surface area contributed by atoms with Crippen molar-refractivity contribution in [1.29, 1.82) is 0 Å². The van der Waals surface area contributed by atoms with Crippen LogP contribution in [0.1, 0.15) is 121 Å². The van der Waals surface area contributed by atoms with Crippen molar-refractivity contribution in [3.8, 4) is 28.7 Å². The van der Waals surface area contributed by atoms with Gasteiger partial charge in [-0.25, -0.2) is 0 Å². The maximum atomic E-state index is 10.7. The van der Waals surface area contributed by atoms with E-state index in [2.05, 4.69) is 142 Å². The number of unbranched alkanes of at least 4 members (excludes halogenated alkanes) is 3. The van der Waals surface area contributed by atoms with E-state index < -0.39 is 6.29 Å². The molecule has 65 heavy (non-hydrogen) atoms. The van der Waals surface area contributed by atoms with E-state index in [9.17, 15) is 15.3 Å². The van der Waals surface area contributed by atoms with E-state index in [-0.39, 0.29) is 5.75 Å². The molecule has 10 heteroatoms. The molecule has 1 atom stereocenters. The first-order valence-corrected chi connectivity index (χ1v) is 27.2. The van der Waals surface area contributed by atoms with Crippen molar-refractivity contribution in [1.82, 2.24) is 0 Å². The summed E-state index contributed by atoms with van der Waals surface area (Å²) in [6.45, 7) is 19.2. The minimum atomic E-state index is -0.749. The van der Waals surface area contributed by atoms with E-state index in [1.165, 1.54) is 10.5 Å². The first-order valence-electron chi connectivity index (χ1n) is 22.6. The lowest BCUT2D eigenvalue weighted by Gasteiger charge is -2.27. The fourth-order valence-corrected chi connectivity index (χ4v) is 12.2. The zero-order valence-electron chi connectivity index (χ0n) is 39.1. The zero-order chi connectivity index (χ0) is 46.9. The maximum Gasteiger partial charge on any atom is 0.267 e. The Kier molecular flexibility index (Phi) is 18.7. The van der Waals surface area contributed by atoms with Crippen LogP contribution in [-0.4, -0.2) is 15.3 Å². The third kappa shape index (κ3) is 13.3. The number of aromatic hydroxyl groups is 3. The molecule has 0 saturated carbocycles. The molecule has 0 aromatic heterocycles. The SMILES string of the molecule is CCCCc1cc(Sc2cc(I)c(OC(Oc3cc(C)c(Sc4cc(I)c(O)cc4C)cc3CCCC)c3cc(C)c(Sc4ccc(O)cc4C)cc3CCCC)cc2C)c(C)cc1O. The molecule has 6 aromatic carbocycles. The first kappa shape index (κ1) is 51.2. The number of aryl methyl sites for hydroxylation is 9. The Balaban J connectivity index is 1.44. The van der Waals surface area contributed by atoms with E-state index in [1.54, 1.807) is 41.4 Å². The van der Waals surface area contributed by atoms with Gasteiger partial charge in [-0.2, -0.15) is 0 Å². The van der Waals surface area contributed by atoms with Crippen molar-refractivity contribution in [3.63, 3.8) is 0 Å². The topological polar surface area (TPSA) is 79.2 Å². The minimum Gasteiger partial charge on any atom is -0.508 e. The molecule has 0 aliphatic heterocycles. The highest BCUT2D eigenvalue weighted by molar-refractivity contribution is 14.1. The summed E-state index contributed by atoms with van der Waals surface area (Å²) in [5.41, 5.74) is 10.8. The highest BCUT2D eigenvalue weighted by Gasteiger charge is 2.26. The van der Waals surface area contributed by atoms with Crippen molar-refractivity contribution in [2.45, 2.75) is 156 Å². The van der Waals surface area contributed by atoms with E-state index in [0.717, 1.165) is 151 Å². The summed E-state index contributed by atoms with van der Waals surface area (Å²) < 4.78 is 16.3. The van der Waals surface area contributed by atoms with Crippen molar-refractivity contribution < 1.29 is 24.8 Å². The molecule has 0 aliphatic rings. The average molecular weight is 1150 g/mol. The van der Waals surface area contributed by atoms with Crippen LogP contribution in [0.25, 0.3) is 0 Å². The largest absolute Gasteiger partial charge is 0.508 e. The van der Waals surface area contributed by atoms with Gasteiger partial charge in [0.2, 0.25) is 0 Å². The summed E-state index contributed by atoms with van der Waals surface area (Å²) in [4.78, 5) is 6.84. The fraction of sp³-hybridized carbons (Fsp3) is 0.345. The molecule has 0 saturated heterocycles. The number of ether oxygens (including phenoxy) is 2. The van der Waals surface area contributed by atoms with Gasteiger partial charge in [-0.05, 0) is 254 Å². The van der Waals surface area contributed by atoms with Crippen LogP contribution in [0.5, 0.6) is 28.7 Å². The van der Waals surface area contributed by atoms with Crippen molar-refractivity contribution in [2.75, 3.05) is 0 Å². The maximum absolute atomic E-state index is 10.7. The van der Waals surface area contributed by atoms with Crippen LogP contribution in [0.2, 0.25) is 0 Å². The van der Waals surface area contributed by atoms with Gasteiger partial charge in [0.05, 0.1) is 7.14 Å². The Bertz CT molecular complexity index is 2650. The highest BCUT2D eigenvalue weighted by Crippen LogP contribution is 2.44. The number of phenols is 3. The smallest absolute Gasteiger partial charge is 0.267 e. The summed E-state index contributed by atoms with van der Waals surface area (Å²) in [5.74, 6) is 2.53. The lowest BCUT2D eigenvalue weighted by Crippen LogP contribution is -2.19. The molecular formula is C55H62I2O5S3. The van der Waals surface area contributed by atoms with Gasteiger partial charge in [-0.3, -0.25) is 0 Å². The molecule has 0 amide bonds. The Labute approximate surface area is 427 Å². The predicted octanol–water partition coefficient (Wildman–Crippen LogP) is 17.5. The molecule has 0 aliphatic carbocycles. The molecule has 0 radical (unpaired) electrons. The standard InChI is InChI=1S/C55H62I2O5S3/c1-10-13-16-38-27-50(63-49-20-19-41(58)21-32(49)4)33(5)22-42(38)55(61-47-25-36(8)52(29-40(47)18-15-12-3)65-53-30-43(56)46(60)24-35(53)7)62-48-26-37(9)54(31-44(48)57)64-51-28-39(17-14-11-2)45(59)23-34(51)6/h19-31,55,58-60H,10-18H2,1-9H3. The average Bonchev–Trinajstić information content (AvgIpc) is 3.25. The van der Waals surface area contributed by atoms with E-state index in [4.69, 9.17) is 9.47 Å². The summed E-state index contributed by atoms with van der Waals surface area (Å²) >= 11 is 9.80. The number of hydrogen-bond donors (Lipinski definition) is 3. The second kappa shape index (κ2) is 23.7. The lowest BCUT2D eigenvalue weighted by molar-refractivity contribution is 0.00145. The number of halogens is 2. The van der Waals surface area contributed by atoms with Crippen molar-refractivity contribution in [2.24, 2.45) is 0 Å². The van der Waals surface area contributed by atoms with E-state index in [1.807, 2.05) is 38.1 Å². The summed E-state index contributed by atoms with van der Waals surface area (Å²) in [5, 5.41) is 31.3. The summed E-state index contributed by atoms with van der Waals surface area (Å²) in [7, 11) is 0. The fourth-order valence-electron chi connectivity index (χ4n) is 7.62. The summed E-state index contributed by atoms with van der Waals surface area (Å²) in [6.07, 6.45) is 8.10. The van der Waals surface area contributed by atoms with Crippen molar-refractivity contribution >= 4 is 80.5 Å². The van der Waals surface area contributed by atoms with Crippen LogP contribution in [0, 0.1) is 48.7 Å². The Morgan fingerprint density at radius 1 is 0.446 bits per heavy atom. The molecule has 0 fully saturated rings. The second-order valence-electron chi connectivity index (χ2n) is 17.0. The number of rotatable bonds is 20. The predicted molar refractivity (Wildman–Crippen MR) is 290 cm³/mol. The van der Waals surface area contributed by atoms with Crippen molar-refractivity contribution in [3.05, 3.63) is 142 Å². The van der Waals surface area contributed by atoms with Gasteiger partial charge >= 0.3 is 0 Å². The van der Waals surface area contributed by atoms with Gasteiger partial charge < -0.3 is 24.8 Å². The first-order chi connectivity index (χ1) is 31.1. The zero-order valence-corrected chi connectivity index (χ0v) is 45.9. The van der Waals surface area contributed by atoms with Gasteiger partial charge in [-0.15, -0.1) is 0 Å². The van der Waals surface area contributed by atoms with Gasteiger partial charge in [0, 0.05) is 34.9 Å². The monoisotopic (exact) mass is 1150 g/mol. The van der Waals surface area contributed by atoms with Crippen LogP contribution in [0.3, 0.4) is 0 Å². The number of benzene rings is 6. The third-order valence-corrected chi connectivity index (χ3v) is 17.3. The molecule has 0 heterocycles. The molecule has 1 unspecified atom stereocenters. The van der Waals surface area contributed by atoms with Crippen LogP contribution >= 0.6 is 80.5 Å². The van der Waals surface area contributed by atoms with Gasteiger partial charge in [0.1, 0.15) is 28.7 Å². The Hall–Kier alpha value is -3.17. The normalized spacial score (nSPS) is 11.9. The Morgan fingerprint density at radius 3 is 1.48 bits per heavy atom. The molecule has 6 rings (SSSR count). The van der Waals surface area contributed by atoms with Crippen LogP contribution < -0.4 is 9.47 Å². The van der Waals surface area contributed by atoms with E-state index in [0.29, 0.717) is 11.5 Å². The van der Waals surface area contributed by atoms with Gasteiger partial charge in [-0.1, -0.05) is 75.3 Å². The molecule has 3 N–H and O–H groups in total.